The van der Waals surface area contributed by atoms with Gasteiger partial charge in [-0.05, 0) is 54.1 Å². The molecular formula is C24H18F4O. The fraction of sp³-hybridized carbons (Fsp3) is 0.167. The van der Waals surface area contributed by atoms with Crippen molar-refractivity contribution in [2.24, 2.45) is 0 Å². The molecule has 0 unspecified atom stereocenters. The third-order valence-electron chi connectivity index (χ3n) is 4.25. The summed E-state index contributed by atoms with van der Waals surface area (Å²) in [4.78, 5) is 0. The highest BCUT2D eigenvalue weighted by Crippen LogP contribution is 2.23. The number of allylic oxidation sites excluding steroid dienone is 1. The minimum absolute atomic E-state index is 0.0945. The standard InChI is InChI=1S/C24H18F4O/c1-2-3-4-18-8-14-22-20(15-18)11-10-19(23(22)25)9-5-17-6-12-21(13-7-17)29-16-24(26,27)28/h2,6-8,10-15H,1,3-4,16H2. The average Bonchev–Trinajstić information content (AvgIpc) is 2.70. The molecule has 0 saturated heterocycles. The topological polar surface area (TPSA) is 9.23 Å². The first-order chi connectivity index (χ1) is 13.9. The zero-order valence-corrected chi connectivity index (χ0v) is 15.5. The SMILES string of the molecule is C=CCCc1ccc2c(F)c(C#Cc3ccc(OCC(F)(F)F)cc3)ccc2c1. The van der Waals surface area contributed by atoms with E-state index in [0.717, 1.165) is 23.8 Å². The minimum atomic E-state index is -4.39. The van der Waals surface area contributed by atoms with Gasteiger partial charge in [0.15, 0.2) is 6.61 Å². The summed E-state index contributed by atoms with van der Waals surface area (Å²) in [6.45, 7) is 2.35. The lowest BCUT2D eigenvalue weighted by atomic mass is 10.0. The van der Waals surface area contributed by atoms with Crippen molar-refractivity contribution in [3.8, 4) is 17.6 Å². The van der Waals surface area contributed by atoms with E-state index in [1.165, 1.54) is 24.3 Å². The third kappa shape index (κ3) is 5.61. The molecule has 29 heavy (non-hydrogen) atoms. The summed E-state index contributed by atoms with van der Waals surface area (Å²) in [6, 6.07) is 14.9. The van der Waals surface area contributed by atoms with Gasteiger partial charge in [0.05, 0.1) is 5.56 Å². The lowest BCUT2D eigenvalue weighted by molar-refractivity contribution is -0.153. The van der Waals surface area contributed by atoms with Crippen LogP contribution in [0.4, 0.5) is 17.6 Å². The molecule has 3 aromatic rings. The van der Waals surface area contributed by atoms with Gasteiger partial charge in [-0.15, -0.1) is 6.58 Å². The molecule has 0 radical (unpaired) electrons. The first-order valence-electron chi connectivity index (χ1n) is 8.99. The zero-order valence-electron chi connectivity index (χ0n) is 15.5. The van der Waals surface area contributed by atoms with Crippen LogP contribution in [0.25, 0.3) is 10.8 Å². The Morgan fingerprint density at radius 2 is 1.72 bits per heavy atom. The number of benzene rings is 3. The monoisotopic (exact) mass is 398 g/mol. The molecule has 0 N–H and O–H groups in total. The van der Waals surface area contributed by atoms with Gasteiger partial charge in [0.1, 0.15) is 11.6 Å². The summed E-state index contributed by atoms with van der Waals surface area (Å²) in [5.41, 5.74) is 1.92. The summed E-state index contributed by atoms with van der Waals surface area (Å²) >= 11 is 0. The maximum Gasteiger partial charge on any atom is 0.422 e. The lowest BCUT2D eigenvalue weighted by Gasteiger charge is -2.08. The average molecular weight is 398 g/mol. The summed E-state index contributed by atoms with van der Waals surface area (Å²) < 4.78 is 55.9. The van der Waals surface area contributed by atoms with Gasteiger partial charge in [0.2, 0.25) is 0 Å². The van der Waals surface area contributed by atoms with Gasteiger partial charge in [0, 0.05) is 10.9 Å². The molecule has 148 valence electrons. The summed E-state index contributed by atoms with van der Waals surface area (Å²) in [5, 5.41) is 1.30. The molecule has 0 aliphatic rings. The van der Waals surface area contributed by atoms with Gasteiger partial charge in [-0.3, -0.25) is 0 Å². The van der Waals surface area contributed by atoms with Crippen LogP contribution in [0.3, 0.4) is 0 Å². The number of alkyl halides is 3. The van der Waals surface area contributed by atoms with E-state index in [2.05, 4.69) is 23.2 Å². The van der Waals surface area contributed by atoms with Crippen LogP contribution in [-0.4, -0.2) is 12.8 Å². The van der Waals surface area contributed by atoms with Crippen LogP contribution in [0.2, 0.25) is 0 Å². The van der Waals surface area contributed by atoms with Gasteiger partial charge >= 0.3 is 6.18 Å². The Morgan fingerprint density at radius 1 is 0.966 bits per heavy atom. The second-order valence-electron chi connectivity index (χ2n) is 6.49. The predicted octanol–water partition coefficient (Wildman–Crippen LogP) is 6.44. The number of fused-ring (bicyclic) bond motifs is 1. The number of aryl methyl sites for hydroxylation is 1. The molecule has 1 nitrogen and oxygen atoms in total. The fourth-order valence-corrected chi connectivity index (χ4v) is 2.80. The molecular weight excluding hydrogens is 380 g/mol. The number of rotatable bonds is 5. The van der Waals surface area contributed by atoms with Gasteiger partial charge < -0.3 is 4.74 Å². The van der Waals surface area contributed by atoms with E-state index in [-0.39, 0.29) is 11.3 Å². The smallest absolute Gasteiger partial charge is 0.422 e. The maximum atomic E-state index is 14.8. The Kier molecular flexibility index (Phi) is 6.23. The molecule has 5 heteroatoms. The van der Waals surface area contributed by atoms with Crippen molar-refractivity contribution >= 4 is 10.8 Å². The Hall–Kier alpha value is -3.26. The van der Waals surface area contributed by atoms with Crippen molar-refractivity contribution in [3.63, 3.8) is 0 Å². The summed E-state index contributed by atoms with van der Waals surface area (Å²) in [6.07, 6.45) is -0.833. The van der Waals surface area contributed by atoms with E-state index in [1.807, 2.05) is 24.3 Å². The van der Waals surface area contributed by atoms with Crippen LogP contribution in [0, 0.1) is 17.7 Å². The molecule has 0 bridgehead atoms. The van der Waals surface area contributed by atoms with Crippen molar-refractivity contribution in [1.82, 2.24) is 0 Å². The summed E-state index contributed by atoms with van der Waals surface area (Å²) in [7, 11) is 0. The van der Waals surface area contributed by atoms with Gasteiger partial charge in [-0.25, -0.2) is 4.39 Å². The van der Waals surface area contributed by atoms with Gasteiger partial charge in [-0.1, -0.05) is 42.2 Å². The molecule has 0 spiro atoms. The second-order valence-corrected chi connectivity index (χ2v) is 6.49. The molecule has 3 aromatic carbocycles. The number of hydrogen-bond acceptors (Lipinski definition) is 1. The largest absolute Gasteiger partial charge is 0.484 e. The van der Waals surface area contributed by atoms with Gasteiger partial charge in [-0.2, -0.15) is 13.2 Å². The summed E-state index contributed by atoms with van der Waals surface area (Å²) in [5.74, 6) is 5.31. The molecule has 0 saturated carbocycles. The van der Waals surface area contributed by atoms with Crippen LogP contribution in [0.5, 0.6) is 5.75 Å². The molecule has 0 aliphatic heterocycles. The molecule has 3 rings (SSSR count). The number of hydrogen-bond donors (Lipinski definition) is 0. The van der Waals surface area contributed by atoms with Crippen molar-refractivity contribution < 1.29 is 22.3 Å². The molecule has 0 fully saturated rings. The van der Waals surface area contributed by atoms with Crippen molar-refractivity contribution in [3.05, 3.63) is 89.8 Å². The second kappa shape index (κ2) is 8.83. The van der Waals surface area contributed by atoms with E-state index >= 15 is 0 Å². The Morgan fingerprint density at radius 3 is 2.41 bits per heavy atom. The van der Waals surface area contributed by atoms with Crippen molar-refractivity contribution in [1.29, 1.82) is 0 Å². The highest BCUT2D eigenvalue weighted by atomic mass is 19.4. The Labute approximate surface area is 166 Å². The highest BCUT2D eigenvalue weighted by Gasteiger charge is 2.28. The Balaban J connectivity index is 1.77. The van der Waals surface area contributed by atoms with Crippen molar-refractivity contribution in [2.45, 2.75) is 19.0 Å². The van der Waals surface area contributed by atoms with Crippen LogP contribution in [0.1, 0.15) is 23.1 Å². The minimum Gasteiger partial charge on any atom is -0.484 e. The van der Waals surface area contributed by atoms with E-state index < -0.39 is 18.6 Å². The molecule has 0 atom stereocenters. The van der Waals surface area contributed by atoms with Crippen LogP contribution in [-0.2, 0) is 6.42 Å². The lowest BCUT2D eigenvalue weighted by Crippen LogP contribution is -2.19. The molecule has 0 aromatic heterocycles. The van der Waals surface area contributed by atoms with E-state index in [1.54, 1.807) is 12.1 Å². The number of ether oxygens (including phenoxy) is 1. The molecule has 0 heterocycles. The quantitative estimate of drug-likeness (QED) is 0.273. The van der Waals surface area contributed by atoms with Crippen LogP contribution >= 0.6 is 0 Å². The highest BCUT2D eigenvalue weighted by molar-refractivity contribution is 5.85. The molecule has 0 amide bonds. The fourth-order valence-electron chi connectivity index (χ4n) is 2.80. The maximum absolute atomic E-state index is 14.8. The van der Waals surface area contributed by atoms with Crippen molar-refractivity contribution in [2.75, 3.05) is 6.61 Å². The zero-order chi connectivity index (χ0) is 20.9. The van der Waals surface area contributed by atoms with Gasteiger partial charge in [0.25, 0.3) is 0 Å². The van der Waals surface area contributed by atoms with E-state index in [4.69, 9.17) is 0 Å². The van der Waals surface area contributed by atoms with Crippen LogP contribution < -0.4 is 4.74 Å². The van der Waals surface area contributed by atoms with E-state index in [0.29, 0.717) is 10.9 Å². The predicted molar refractivity (Wildman–Crippen MR) is 106 cm³/mol. The first kappa shape index (κ1) is 20.5. The normalized spacial score (nSPS) is 11.0. The Bertz CT molecular complexity index is 1070. The van der Waals surface area contributed by atoms with Crippen LogP contribution in [0.15, 0.2) is 67.3 Å². The first-order valence-corrected chi connectivity index (χ1v) is 8.99. The molecule has 0 aliphatic carbocycles. The number of halogens is 4. The third-order valence-corrected chi connectivity index (χ3v) is 4.25. The van der Waals surface area contributed by atoms with E-state index in [9.17, 15) is 17.6 Å².